The van der Waals surface area contributed by atoms with Crippen LogP contribution >= 0.6 is 11.3 Å². The van der Waals surface area contributed by atoms with Gasteiger partial charge in [0.2, 0.25) is 0 Å². The van der Waals surface area contributed by atoms with E-state index in [2.05, 4.69) is 38.7 Å². The predicted octanol–water partition coefficient (Wildman–Crippen LogP) is 4.06. The minimum atomic E-state index is 0.318. The molecule has 3 heteroatoms. The predicted molar refractivity (Wildman–Crippen MR) is 72.9 cm³/mol. The van der Waals surface area contributed by atoms with Crippen LogP contribution in [0.5, 0.6) is 5.06 Å². The highest BCUT2D eigenvalue weighted by atomic mass is 32.1. The molecule has 0 amide bonds. The van der Waals surface area contributed by atoms with Gasteiger partial charge in [0.25, 0.3) is 0 Å². The SMILES string of the molecule is Cc1cc(C)c(C)c(-c2nc(C)c(O)s2)c1C. The van der Waals surface area contributed by atoms with E-state index in [0.29, 0.717) is 10.8 Å². The molecule has 2 rings (SSSR count). The molecular formula is C14H17NOS. The Bertz CT molecular complexity index is 539. The second kappa shape index (κ2) is 4.15. The van der Waals surface area contributed by atoms with Crippen molar-refractivity contribution in [2.24, 2.45) is 0 Å². The maximum Gasteiger partial charge on any atom is 0.195 e. The number of benzene rings is 1. The first-order chi connectivity index (χ1) is 7.91. The maximum absolute atomic E-state index is 9.68. The molecule has 2 nitrogen and oxygen atoms in total. The number of nitrogens with zero attached hydrogens (tertiary/aromatic N) is 1. The third-order valence-electron chi connectivity index (χ3n) is 3.35. The van der Waals surface area contributed by atoms with Gasteiger partial charge in [-0.25, -0.2) is 4.98 Å². The van der Waals surface area contributed by atoms with E-state index in [1.54, 1.807) is 0 Å². The average Bonchev–Trinajstić information content (AvgIpc) is 2.57. The summed E-state index contributed by atoms with van der Waals surface area (Å²) in [5.41, 5.74) is 6.94. The minimum absolute atomic E-state index is 0.318. The van der Waals surface area contributed by atoms with Crippen LogP contribution in [0.15, 0.2) is 6.07 Å². The molecule has 0 aliphatic rings. The van der Waals surface area contributed by atoms with E-state index < -0.39 is 0 Å². The third kappa shape index (κ3) is 1.95. The largest absolute Gasteiger partial charge is 0.498 e. The number of rotatable bonds is 1. The Balaban J connectivity index is 2.74. The van der Waals surface area contributed by atoms with Crippen LogP contribution in [-0.2, 0) is 0 Å². The number of aromatic nitrogens is 1. The quantitative estimate of drug-likeness (QED) is 0.824. The van der Waals surface area contributed by atoms with Gasteiger partial charge in [-0.05, 0) is 56.9 Å². The van der Waals surface area contributed by atoms with E-state index >= 15 is 0 Å². The highest BCUT2D eigenvalue weighted by Crippen LogP contribution is 2.37. The molecule has 0 saturated carbocycles. The number of aryl methyl sites for hydroxylation is 3. The zero-order chi connectivity index (χ0) is 12.7. The van der Waals surface area contributed by atoms with E-state index in [9.17, 15) is 5.11 Å². The van der Waals surface area contributed by atoms with Crippen LogP contribution in [0.25, 0.3) is 10.6 Å². The third-order valence-corrected chi connectivity index (χ3v) is 4.33. The highest BCUT2D eigenvalue weighted by Gasteiger charge is 2.15. The van der Waals surface area contributed by atoms with Crippen molar-refractivity contribution in [3.05, 3.63) is 34.0 Å². The summed E-state index contributed by atoms with van der Waals surface area (Å²) in [6.07, 6.45) is 0. The molecule has 1 N–H and O–H groups in total. The highest BCUT2D eigenvalue weighted by molar-refractivity contribution is 7.16. The summed E-state index contributed by atoms with van der Waals surface area (Å²) in [6, 6.07) is 2.20. The van der Waals surface area contributed by atoms with Gasteiger partial charge in [-0.2, -0.15) is 0 Å². The van der Waals surface area contributed by atoms with Crippen LogP contribution in [0, 0.1) is 34.6 Å². The van der Waals surface area contributed by atoms with Gasteiger partial charge in [0.15, 0.2) is 5.06 Å². The molecule has 0 unspecified atom stereocenters. The van der Waals surface area contributed by atoms with Crippen molar-refractivity contribution in [3.63, 3.8) is 0 Å². The number of aromatic hydroxyl groups is 1. The molecule has 17 heavy (non-hydrogen) atoms. The van der Waals surface area contributed by atoms with Gasteiger partial charge < -0.3 is 5.11 Å². The van der Waals surface area contributed by atoms with Gasteiger partial charge in [-0.1, -0.05) is 17.4 Å². The standard InChI is InChI=1S/C14H17NOS/c1-7-6-8(2)10(4)12(9(7)3)13-15-11(5)14(16)17-13/h6,16H,1-5H3. The Morgan fingerprint density at radius 3 is 1.94 bits per heavy atom. The molecule has 0 radical (unpaired) electrons. The molecule has 1 aromatic heterocycles. The lowest BCUT2D eigenvalue weighted by Gasteiger charge is -2.12. The number of thiazole rings is 1. The van der Waals surface area contributed by atoms with E-state index in [1.807, 2.05) is 6.92 Å². The van der Waals surface area contributed by atoms with Crippen molar-refractivity contribution in [2.75, 3.05) is 0 Å². The molecule has 0 saturated heterocycles. The monoisotopic (exact) mass is 247 g/mol. The topological polar surface area (TPSA) is 33.1 Å². The molecule has 90 valence electrons. The van der Waals surface area contributed by atoms with Gasteiger partial charge in [0.05, 0.1) is 5.69 Å². The van der Waals surface area contributed by atoms with Crippen LogP contribution in [0.1, 0.15) is 27.9 Å². The fourth-order valence-corrected chi connectivity index (χ4v) is 3.00. The van der Waals surface area contributed by atoms with E-state index in [1.165, 1.54) is 39.2 Å². The first-order valence-electron chi connectivity index (χ1n) is 5.66. The van der Waals surface area contributed by atoms with Gasteiger partial charge in [-0.3, -0.25) is 0 Å². The fourth-order valence-electron chi connectivity index (χ4n) is 2.03. The van der Waals surface area contributed by atoms with Crippen LogP contribution in [0.2, 0.25) is 0 Å². The Morgan fingerprint density at radius 2 is 1.53 bits per heavy atom. The Morgan fingerprint density at radius 1 is 1.00 bits per heavy atom. The normalized spacial score (nSPS) is 10.9. The summed E-state index contributed by atoms with van der Waals surface area (Å²) in [5, 5.41) is 10.9. The minimum Gasteiger partial charge on any atom is -0.498 e. The van der Waals surface area contributed by atoms with E-state index in [0.717, 1.165) is 5.01 Å². The second-order valence-corrected chi connectivity index (χ2v) is 5.52. The molecule has 0 fully saturated rings. The first-order valence-corrected chi connectivity index (χ1v) is 6.47. The van der Waals surface area contributed by atoms with Crippen molar-refractivity contribution < 1.29 is 5.11 Å². The van der Waals surface area contributed by atoms with E-state index in [-0.39, 0.29) is 0 Å². The Kier molecular flexibility index (Phi) is 2.96. The van der Waals surface area contributed by atoms with Crippen LogP contribution < -0.4 is 0 Å². The lowest BCUT2D eigenvalue weighted by Crippen LogP contribution is -1.94. The number of hydrogen-bond donors (Lipinski definition) is 1. The molecule has 0 spiro atoms. The van der Waals surface area contributed by atoms with Gasteiger partial charge in [0.1, 0.15) is 5.01 Å². The van der Waals surface area contributed by atoms with E-state index in [4.69, 9.17) is 0 Å². The van der Waals surface area contributed by atoms with Crippen molar-refractivity contribution in [1.82, 2.24) is 4.98 Å². The molecule has 2 aromatic rings. The first kappa shape index (κ1) is 12.1. The zero-order valence-corrected chi connectivity index (χ0v) is 11.7. The average molecular weight is 247 g/mol. The molecular weight excluding hydrogens is 230 g/mol. The molecule has 1 aromatic carbocycles. The number of hydrogen-bond acceptors (Lipinski definition) is 3. The zero-order valence-electron chi connectivity index (χ0n) is 10.9. The second-order valence-electron chi connectivity index (χ2n) is 4.54. The van der Waals surface area contributed by atoms with Crippen molar-refractivity contribution >= 4 is 11.3 Å². The van der Waals surface area contributed by atoms with Crippen LogP contribution in [0.4, 0.5) is 0 Å². The summed E-state index contributed by atoms with van der Waals surface area (Å²) in [5.74, 6) is 0. The fraction of sp³-hybridized carbons (Fsp3) is 0.357. The summed E-state index contributed by atoms with van der Waals surface area (Å²) in [6.45, 7) is 10.3. The summed E-state index contributed by atoms with van der Waals surface area (Å²) < 4.78 is 0. The van der Waals surface area contributed by atoms with Crippen molar-refractivity contribution in [3.8, 4) is 15.6 Å². The Labute approximate surface area is 106 Å². The van der Waals surface area contributed by atoms with Crippen LogP contribution in [-0.4, -0.2) is 10.1 Å². The lowest BCUT2D eigenvalue weighted by atomic mass is 9.95. The molecule has 0 aliphatic carbocycles. The summed E-state index contributed by atoms with van der Waals surface area (Å²) in [4.78, 5) is 4.45. The molecule has 0 aliphatic heterocycles. The Hall–Kier alpha value is -1.35. The van der Waals surface area contributed by atoms with Crippen molar-refractivity contribution in [1.29, 1.82) is 0 Å². The summed E-state index contributed by atoms with van der Waals surface area (Å²) in [7, 11) is 0. The molecule has 0 bridgehead atoms. The molecule has 1 heterocycles. The smallest absolute Gasteiger partial charge is 0.195 e. The summed E-state index contributed by atoms with van der Waals surface area (Å²) >= 11 is 1.36. The van der Waals surface area contributed by atoms with Gasteiger partial charge in [0, 0.05) is 5.56 Å². The van der Waals surface area contributed by atoms with Crippen LogP contribution in [0.3, 0.4) is 0 Å². The van der Waals surface area contributed by atoms with Crippen molar-refractivity contribution in [2.45, 2.75) is 34.6 Å². The van der Waals surface area contributed by atoms with Gasteiger partial charge >= 0.3 is 0 Å². The van der Waals surface area contributed by atoms with Gasteiger partial charge in [-0.15, -0.1) is 0 Å². The maximum atomic E-state index is 9.68. The molecule has 0 atom stereocenters. The lowest BCUT2D eigenvalue weighted by molar-refractivity contribution is 0.485.